The van der Waals surface area contributed by atoms with Crippen molar-refractivity contribution in [1.29, 1.82) is 0 Å². The third-order valence-corrected chi connectivity index (χ3v) is 2.61. The topological polar surface area (TPSA) is 120 Å². The number of nitrogens with one attached hydrogen (secondary N) is 1. The molecule has 104 valence electrons. The van der Waals surface area contributed by atoms with Crippen LogP contribution in [0.2, 0.25) is 0 Å². The first-order chi connectivity index (χ1) is 9.56. The summed E-state index contributed by atoms with van der Waals surface area (Å²) >= 11 is 0. The molecule has 0 aliphatic rings. The first-order valence-corrected chi connectivity index (χ1v) is 5.55. The summed E-state index contributed by atoms with van der Waals surface area (Å²) in [5.41, 5.74) is 5.20. The second kappa shape index (κ2) is 5.39. The van der Waals surface area contributed by atoms with Crippen molar-refractivity contribution < 1.29 is 14.3 Å². The van der Waals surface area contributed by atoms with Gasteiger partial charge < -0.3 is 20.2 Å². The highest BCUT2D eigenvalue weighted by Crippen LogP contribution is 2.28. The third kappa shape index (κ3) is 2.44. The smallest absolute Gasteiger partial charge is 0.260 e. The molecule has 2 heterocycles. The molecule has 20 heavy (non-hydrogen) atoms. The lowest BCUT2D eigenvalue weighted by molar-refractivity contribution is 0.0999. The van der Waals surface area contributed by atoms with Gasteiger partial charge in [-0.15, -0.1) is 10.2 Å². The molecule has 8 heteroatoms. The van der Waals surface area contributed by atoms with Crippen LogP contribution in [-0.2, 0) is 0 Å². The summed E-state index contributed by atoms with van der Waals surface area (Å²) in [6.07, 6.45) is 1.40. The van der Waals surface area contributed by atoms with Gasteiger partial charge in [-0.2, -0.15) is 0 Å². The number of aromatic nitrogens is 3. The Balaban J connectivity index is 2.59. The summed E-state index contributed by atoms with van der Waals surface area (Å²) in [6, 6.07) is 2.87. The molecule has 3 N–H and O–H groups in total. The molecule has 0 spiro atoms. The zero-order valence-electron chi connectivity index (χ0n) is 10.8. The number of carbonyl (C=O) groups excluding carboxylic acids is 1. The molecule has 0 unspecified atom stereocenters. The summed E-state index contributed by atoms with van der Waals surface area (Å²) in [4.78, 5) is 25.0. The van der Waals surface area contributed by atoms with Crippen molar-refractivity contribution in [2.24, 2.45) is 5.73 Å². The van der Waals surface area contributed by atoms with Gasteiger partial charge in [0.05, 0.1) is 14.2 Å². The minimum absolute atomic E-state index is 0.165. The molecule has 8 nitrogen and oxygen atoms in total. The minimum Gasteiger partial charge on any atom is -0.494 e. The maximum Gasteiger partial charge on any atom is 0.260 e. The van der Waals surface area contributed by atoms with E-state index in [1.54, 1.807) is 0 Å². The summed E-state index contributed by atoms with van der Waals surface area (Å²) < 4.78 is 10.1. The SMILES string of the molecule is COc1cc(OC)c(-c2c[nH]c(=O)c(C(N)=O)c2)nn1. The van der Waals surface area contributed by atoms with Crippen molar-refractivity contribution in [3.8, 4) is 22.9 Å². The van der Waals surface area contributed by atoms with Crippen LogP contribution >= 0.6 is 0 Å². The molecule has 0 radical (unpaired) electrons. The normalized spacial score (nSPS) is 10.1. The highest BCUT2D eigenvalue weighted by atomic mass is 16.5. The molecular weight excluding hydrogens is 264 g/mol. The Bertz CT molecular complexity index is 711. The predicted octanol–water partition coefficient (Wildman–Crippen LogP) is -0.0520. The van der Waals surface area contributed by atoms with Crippen LogP contribution in [0.25, 0.3) is 11.3 Å². The van der Waals surface area contributed by atoms with E-state index in [2.05, 4.69) is 15.2 Å². The molecule has 0 fully saturated rings. The largest absolute Gasteiger partial charge is 0.494 e. The highest BCUT2D eigenvalue weighted by molar-refractivity contribution is 5.93. The number of hydrogen-bond donors (Lipinski definition) is 2. The van der Waals surface area contributed by atoms with E-state index in [0.29, 0.717) is 17.0 Å². The average Bonchev–Trinajstić information content (AvgIpc) is 2.46. The number of carbonyl (C=O) groups is 1. The zero-order valence-corrected chi connectivity index (χ0v) is 10.8. The van der Waals surface area contributed by atoms with E-state index in [1.807, 2.05) is 0 Å². The van der Waals surface area contributed by atoms with Gasteiger partial charge in [0.2, 0.25) is 5.88 Å². The molecule has 0 saturated carbocycles. The van der Waals surface area contributed by atoms with Crippen molar-refractivity contribution in [2.75, 3.05) is 14.2 Å². The number of pyridine rings is 1. The fraction of sp³-hybridized carbons (Fsp3) is 0.167. The first-order valence-electron chi connectivity index (χ1n) is 5.55. The van der Waals surface area contributed by atoms with E-state index >= 15 is 0 Å². The van der Waals surface area contributed by atoms with Gasteiger partial charge in [-0.05, 0) is 6.07 Å². The van der Waals surface area contributed by atoms with Gasteiger partial charge in [0.25, 0.3) is 11.5 Å². The highest BCUT2D eigenvalue weighted by Gasteiger charge is 2.14. The number of aromatic amines is 1. The maximum absolute atomic E-state index is 11.5. The van der Waals surface area contributed by atoms with E-state index in [-0.39, 0.29) is 11.4 Å². The predicted molar refractivity (Wildman–Crippen MR) is 69.7 cm³/mol. The molecule has 0 saturated heterocycles. The number of nitrogens with zero attached hydrogens (tertiary/aromatic N) is 2. The van der Waals surface area contributed by atoms with E-state index in [4.69, 9.17) is 15.2 Å². The van der Waals surface area contributed by atoms with Gasteiger partial charge in [-0.25, -0.2) is 0 Å². The van der Waals surface area contributed by atoms with Crippen LogP contribution in [0.15, 0.2) is 23.1 Å². The molecule has 2 aromatic rings. The van der Waals surface area contributed by atoms with Gasteiger partial charge in [-0.1, -0.05) is 0 Å². The molecule has 0 aromatic carbocycles. The summed E-state index contributed by atoms with van der Waals surface area (Å²) in [5, 5.41) is 7.77. The number of ether oxygens (including phenoxy) is 2. The maximum atomic E-state index is 11.5. The molecule has 2 aromatic heterocycles. The van der Waals surface area contributed by atoms with Crippen LogP contribution in [0.5, 0.6) is 11.6 Å². The lowest BCUT2D eigenvalue weighted by Crippen LogP contribution is -2.23. The lowest BCUT2D eigenvalue weighted by atomic mass is 10.1. The van der Waals surface area contributed by atoms with Crippen molar-refractivity contribution in [1.82, 2.24) is 15.2 Å². The Kier molecular flexibility index (Phi) is 3.65. The summed E-state index contributed by atoms with van der Waals surface area (Å²) in [5.74, 6) is -0.155. The number of H-pyrrole nitrogens is 1. The monoisotopic (exact) mass is 276 g/mol. The second-order valence-electron chi connectivity index (χ2n) is 3.80. The Morgan fingerprint density at radius 1 is 1.25 bits per heavy atom. The molecular formula is C12H12N4O4. The number of nitrogens with two attached hydrogens (primary N) is 1. The van der Waals surface area contributed by atoms with Crippen LogP contribution in [-0.4, -0.2) is 35.3 Å². The first kappa shape index (κ1) is 13.5. The standard InChI is InChI=1S/C12H12N4O4/c1-19-8-4-9(20-2)15-16-10(8)6-3-7(11(13)17)12(18)14-5-6/h3-5H,1-2H3,(H2,13,17)(H,14,18). The molecule has 1 amide bonds. The minimum atomic E-state index is -0.825. The summed E-state index contributed by atoms with van der Waals surface area (Å²) in [7, 11) is 2.91. The number of hydrogen-bond acceptors (Lipinski definition) is 6. The van der Waals surface area contributed by atoms with Crippen LogP contribution < -0.4 is 20.8 Å². The molecule has 2 rings (SSSR count). The van der Waals surface area contributed by atoms with Gasteiger partial charge in [0, 0.05) is 17.8 Å². The summed E-state index contributed by atoms with van der Waals surface area (Å²) in [6.45, 7) is 0. The van der Waals surface area contributed by atoms with Gasteiger partial charge in [0.15, 0.2) is 5.75 Å². The average molecular weight is 276 g/mol. The fourth-order valence-electron chi connectivity index (χ4n) is 1.62. The number of amides is 1. The molecule has 0 bridgehead atoms. The van der Waals surface area contributed by atoms with Crippen molar-refractivity contribution in [3.63, 3.8) is 0 Å². The zero-order chi connectivity index (χ0) is 14.7. The Morgan fingerprint density at radius 2 is 2.00 bits per heavy atom. The van der Waals surface area contributed by atoms with Crippen LogP contribution in [0, 0.1) is 0 Å². The second-order valence-corrected chi connectivity index (χ2v) is 3.80. The Hall–Kier alpha value is -2.90. The van der Waals surface area contributed by atoms with E-state index < -0.39 is 11.5 Å². The molecule has 0 atom stereocenters. The van der Waals surface area contributed by atoms with Gasteiger partial charge >= 0.3 is 0 Å². The molecule has 0 aliphatic heterocycles. The quantitative estimate of drug-likeness (QED) is 0.807. The van der Waals surface area contributed by atoms with Crippen LogP contribution in [0.3, 0.4) is 0 Å². The van der Waals surface area contributed by atoms with Gasteiger partial charge in [0.1, 0.15) is 11.3 Å². The Labute approximate surface area is 113 Å². The van der Waals surface area contributed by atoms with Crippen LogP contribution in [0.4, 0.5) is 0 Å². The number of methoxy groups -OCH3 is 2. The van der Waals surface area contributed by atoms with E-state index in [1.165, 1.54) is 32.5 Å². The lowest BCUT2D eigenvalue weighted by Gasteiger charge is -2.08. The molecule has 0 aliphatic carbocycles. The van der Waals surface area contributed by atoms with Crippen molar-refractivity contribution in [3.05, 3.63) is 34.2 Å². The van der Waals surface area contributed by atoms with Gasteiger partial charge in [-0.3, -0.25) is 9.59 Å². The van der Waals surface area contributed by atoms with Crippen LogP contribution in [0.1, 0.15) is 10.4 Å². The van der Waals surface area contributed by atoms with Crippen molar-refractivity contribution in [2.45, 2.75) is 0 Å². The number of primary amides is 1. The number of rotatable bonds is 4. The van der Waals surface area contributed by atoms with Crippen molar-refractivity contribution >= 4 is 5.91 Å². The third-order valence-electron chi connectivity index (χ3n) is 2.61. The van der Waals surface area contributed by atoms with E-state index in [0.717, 1.165) is 0 Å². The Morgan fingerprint density at radius 3 is 2.60 bits per heavy atom. The fourth-order valence-corrected chi connectivity index (χ4v) is 1.62. The van der Waals surface area contributed by atoms with E-state index in [9.17, 15) is 9.59 Å².